The molecule has 0 fully saturated rings. The smallest absolute Gasteiger partial charge is 0.337 e. The fourth-order valence-electron chi connectivity index (χ4n) is 1.43. The highest BCUT2D eigenvalue weighted by molar-refractivity contribution is 7.80. The Morgan fingerprint density at radius 3 is 2.47 bits per heavy atom. The van der Waals surface area contributed by atoms with Crippen LogP contribution in [0.15, 0.2) is 23.1 Å². The normalized spacial score (nSPS) is 14.1. The molecule has 6 heteroatoms. The van der Waals surface area contributed by atoms with Crippen LogP contribution in [0.4, 0.5) is 0 Å². The zero-order chi connectivity index (χ0) is 13.2. The lowest BCUT2D eigenvalue weighted by Crippen LogP contribution is -2.16. The van der Waals surface area contributed by atoms with E-state index in [-0.39, 0.29) is 21.8 Å². The summed E-state index contributed by atoms with van der Waals surface area (Å²) in [5.41, 5.74) is 0.320. The van der Waals surface area contributed by atoms with Gasteiger partial charge in [0.25, 0.3) is 0 Å². The number of aliphatic hydroxyl groups is 1. The number of alkyl halides is 1. The number of benzene rings is 1. The van der Waals surface area contributed by atoms with E-state index in [1.54, 1.807) is 6.07 Å². The van der Waals surface area contributed by atoms with Gasteiger partial charge in [-0.15, -0.1) is 24.2 Å². The van der Waals surface area contributed by atoms with Gasteiger partial charge in [0, 0.05) is 10.5 Å². The first kappa shape index (κ1) is 14.0. The van der Waals surface area contributed by atoms with Gasteiger partial charge in [0.05, 0.1) is 0 Å². The molecule has 1 aromatic rings. The Morgan fingerprint density at radius 1 is 1.41 bits per heavy atom. The highest BCUT2D eigenvalue weighted by Crippen LogP contribution is 2.33. The summed E-state index contributed by atoms with van der Waals surface area (Å²) in [5.74, 6) is -1.75. The summed E-state index contributed by atoms with van der Waals surface area (Å²) in [6.45, 7) is 1.29. The number of hydrogen-bond donors (Lipinski definition) is 3. The predicted molar refractivity (Wildman–Crippen MR) is 65.6 cm³/mol. The average Bonchev–Trinajstić information content (AvgIpc) is 2.26. The maximum atomic E-state index is 11.2. The van der Waals surface area contributed by atoms with Gasteiger partial charge in [-0.3, -0.25) is 4.79 Å². The van der Waals surface area contributed by atoms with Crippen molar-refractivity contribution in [2.75, 3.05) is 0 Å². The molecule has 2 unspecified atom stereocenters. The van der Waals surface area contributed by atoms with Crippen LogP contribution in [0.2, 0.25) is 0 Å². The van der Waals surface area contributed by atoms with E-state index < -0.39 is 17.5 Å². The largest absolute Gasteiger partial charge is 0.479 e. The first-order valence-corrected chi connectivity index (χ1v) is 5.61. The Kier molecular flexibility index (Phi) is 4.56. The van der Waals surface area contributed by atoms with Crippen molar-refractivity contribution in [1.29, 1.82) is 0 Å². The summed E-state index contributed by atoms with van der Waals surface area (Å²) in [7, 11) is 0. The molecule has 2 atom stereocenters. The number of hydrogen-bond acceptors (Lipinski definition) is 4. The molecule has 1 aromatic carbocycles. The van der Waals surface area contributed by atoms with Crippen molar-refractivity contribution in [2.24, 2.45) is 0 Å². The number of thiol groups is 1. The van der Waals surface area contributed by atoms with E-state index in [0.29, 0.717) is 0 Å². The number of carbonyl (C=O) groups is 2. The quantitative estimate of drug-likeness (QED) is 0.580. The molecule has 0 heterocycles. The number of rotatable bonds is 4. The second-order valence-corrected chi connectivity index (χ2v) is 4.41. The van der Waals surface area contributed by atoms with Crippen LogP contribution in [0.1, 0.15) is 29.5 Å². The number of carboxylic acid groups (broad SMARTS) is 1. The lowest BCUT2D eigenvalue weighted by Gasteiger charge is -2.16. The summed E-state index contributed by atoms with van der Waals surface area (Å²) in [4.78, 5) is 22.3. The van der Waals surface area contributed by atoms with Gasteiger partial charge in [-0.25, -0.2) is 4.79 Å². The molecule has 0 amide bonds. The lowest BCUT2D eigenvalue weighted by atomic mass is 9.98. The van der Waals surface area contributed by atoms with Crippen molar-refractivity contribution in [2.45, 2.75) is 23.3 Å². The molecule has 0 saturated heterocycles. The molecular formula is C11H11ClO4S. The van der Waals surface area contributed by atoms with E-state index in [2.05, 4.69) is 12.6 Å². The molecule has 1 rings (SSSR count). The minimum atomic E-state index is -1.75. The molecule has 17 heavy (non-hydrogen) atoms. The third-order valence-corrected chi connectivity index (χ3v) is 3.19. The molecule has 4 nitrogen and oxygen atoms in total. The van der Waals surface area contributed by atoms with Crippen LogP contribution in [-0.4, -0.2) is 22.0 Å². The van der Waals surface area contributed by atoms with E-state index in [9.17, 15) is 14.7 Å². The van der Waals surface area contributed by atoms with Crippen LogP contribution < -0.4 is 0 Å². The van der Waals surface area contributed by atoms with Gasteiger partial charge >= 0.3 is 5.97 Å². The first-order valence-electron chi connectivity index (χ1n) is 4.73. The van der Waals surface area contributed by atoms with E-state index in [0.717, 1.165) is 0 Å². The number of ketones is 1. The zero-order valence-corrected chi connectivity index (χ0v) is 10.6. The Hall–Kier alpha value is -1.04. The Morgan fingerprint density at radius 2 is 2.00 bits per heavy atom. The van der Waals surface area contributed by atoms with Crippen LogP contribution in [0.3, 0.4) is 0 Å². The molecule has 0 saturated carbocycles. The summed E-state index contributed by atoms with van der Waals surface area (Å²) in [6, 6.07) is 4.62. The Balaban J connectivity index is 3.36. The fourth-order valence-corrected chi connectivity index (χ4v) is 1.96. The number of carboxylic acids is 1. The minimum Gasteiger partial charge on any atom is -0.479 e. The second-order valence-electron chi connectivity index (χ2n) is 3.49. The van der Waals surface area contributed by atoms with Gasteiger partial charge in [-0.1, -0.05) is 12.1 Å². The summed E-state index contributed by atoms with van der Waals surface area (Å²) < 4.78 is 0. The van der Waals surface area contributed by atoms with Gasteiger partial charge in [0.1, 0.15) is 5.38 Å². The van der Waals surface area contributed by atoms with Gasteiger partial charge in [-0.2, -0.15) is 0 Å². The lowest BCUT2D eigenvalue weighted by molar-refractivity contribution is -0.147. The molecule has 92 valence electrons. The molecule has 0 bridgehead atoms. The average molecular weight is 275 g/mol. The predicted octanol–water partition coefficient (Wildman–Crippen LogP) is 1.96. The van der Waals surface area contributed by atoms with Crippen molar-refractivity contribution in [3.05, 3.63) is 29.3 Å². The molecule has 0 aliphatic heterocycles. The van der Waals surface area contributed by atoms with Crippen molar-refractivity contribution < 1.29 is 19.8 Å². The maximum absolute atomic E-state index is 11.2. The third-order valence-electron chi connectivity index (χ3n) is 2.25. The zero-order valence-electron chi connectivity index (χ0n) is 8.92. The number of Topliss-reactive ketones (excluding diaryl/α,β-unsaturated/α-hetero) is 1. The van der Waals surface area contributed by atoms with Crippen molar-refractivity contribution in [1.82, 2.24) is 0 Å². The number of aliphatic hydroxyl groups excluding tert-OH is 1. The van der Waals surface area contributed by atoms with Gasteiger partial charge < -0.3 is 10.2 Å². The van der Waals surface area contributed by atoms with Crippen LogP contribution in [-0.2, 0) is 9.59 Å². The fraction of sp³-hybridized carbons (Fsp3) is 0.273. The SMILES string of the molecule is CC(=O)C(Cl)c1cccc(S)c1C(O)C(=O)O. The topological polar surface area (TPSA) is 74.6 Å². The van der Waals surface area contributed by atoms with Crippen molar-refractivity contribution in [3.63, 3.8) is 0 Å². The highest BCUT2D eigenvalue weighted by atomic mass is 35.5. The third kappa shape index (κ3) is 3.00. The van der Waals surface area contributed by atoms with Crippen LogP contribution >= 0.6 is 24.2 Å². The Labute approximate surface area is 109 Å². The molecule has 0 aliphatic rings. The van der Waals surface area contributed by atoms with Gasteiger partial charge in [-0.05, 0) is 18.6 Å². The molecule has 0 spiro atoms. The molecule has 0 radical (unpaired) electrons. The minimum absolute atomic E-state index is 0.0542. The van der Waals surface area contributed by atoms with E-state index in [1.165, 1.54) is 19.1 Å². The molecule has 0 aromatic heterocycles. The van der Waals surface area contributed by atoms with Crippen molar-refractivity contribution in [3.8, 4) is 0 Å². The molecule has 0 aliphatic carbocycles. The van der Waals surface area contributed by atoms with Crippen LogP contribution in [0.25, 0.3) is 0 Å². The standard InChI is InChI=1S/C11H11ClO4S/c1-5(13)9(12)6-3-2-4-7(17)8(6)10(14)11(15)16/h2-4,9-10,14,17H,1H3,(H,15,16). The first-order chi connectivity index (χ1) is 7.86. The summed E-state index contributed by atoms with van der Waals surface area (Å²) in [5, 5.41) is 17.4. The van der Waals surface area contributed by atoms with Crippen molar-refractivity contribution >= 4 is 36.0 Å². The van der Waals surface area contributed by atoms with Gasteiger partial charge in [0.15, 0.2) is 11.9 Å². The number of carbonyl (C=O) groups excluding carboxylic acids is 1. The molecule has 2 N–H and O–H groups in total. The van der Waals surface area contributed by atoms with E-state index in [4.69, 9.17) is 16.7 Å². The van der Waals surface area contributed by atoms with Gasteiger partial charge in [0.2, 0.25) is 0 Å². The summed E-state index contributed by atoms with van der Waals surface area (Å²) >= 11 is 9.95. The monoisotopic (exact) mass is 274 g/mol. The number of aliphatic carboxylic acids is 1. The van der Waals surface area contributed by atoms with E-state index in [1.807, 2.05) is 0 Å². The maximum Gasteiger partial charge on any atom is 0.337 e. The molecular weight excluding hydrogens is 264 g/mol. The summed E-state index contributed by atoms with van der Waals surface area (Å²) in [6.07, 6.45) is -1.75. The Bertz CT molecular complexity index is 461. The second kappa shape index (κ2) is 5.53. The highest BCUT2D eigenvalue weighted by Gasteiger charge is 2.26. The van der Waals surface area contributed by atoms with E-state index >= 15 is 0 Å². The number of halogens is 1. The van der Waals surface area contributed by atoms with Crippen LogP contribution in [0.5, 0.6) is 0 Å². The van der Waals surface area contributed by atoms with Crippen LogP contribution in [0, 0.1) is 0 Å².